The third kappa shape index (κ3) is 4.31. The Morgan fingerprint density at radius 2 is 2.15 bits per heavy atom. The van der Waals surface area contributed by atoms with Crippen LogP contribution in [0.2, 0.25) is 0 Å². The van der Waals surface area contributed by atoms with Crippen LogP contribution >= 0.6 is 0 Å². The van der Waals surface area contributed by atoms with Gasteiger partial charge in [0.05, 0.1) is 6.42 Å². The second-order valence-corrected chi connectivity index (χ2v) is 3.47. The summed E-state index contributed by atoms with van der Waals surface area (Å²) in [4.78, 5) is 1.83. The summed E-state index contributed by atoms with van der Waals surface area (Å²) in [5, 5.41) is 0. The van der Waals surface area contributed by atoms with Gasteiger partial charge in [0, 0.05) is 19.6 Å². The molecule has 0 N–H and O–H groups in total. The van der Waals surface area contributed by atoms with Crippen molar-refractivity contribution in [2.24, 2.45) is 0 Å². The average molecular weight is 193 g/mol. The van der Waals surface area contributed by atoms with Crippen LogP contribution in [0, 0.1) is 0 Å². The van der Waals surface area contributed by atoms with Gasteiger partial charge in [-0.25, -0.2) is 0 Å². The van der Waals surface area contributed by atoms with Crippen molar-refractivity contribution in [3.05, 3.63) is 11.6 Å². The van der Waals surface area contributed by atoms with Crippen LogP contribution in [0.4, 0.5) is 13.2 Å². The molecule has 0 aromatic carbocycles. The third-order valence-corrected chi connectivity index (χ3v) is 2.23. The first-order chi connectivity index (χ1) is 5.97. The summed E-state index contributed by atoms with van der Waals surface area (Å²) in [6.45, 7) is 3.58. The van der Waals surface area contributed by atoms with Crippen LogP contribution in [0.5, 0.6) is 0 Å². The Kier molecular flexibility index (Phi) is 3.36. The van der Waals surface area contributed by atoms with Crippen LogP contribution in [-0.4, -0.2) is 30.7 Å². The number of nitrogens with zero attached hydrogens (tertiary/aromatic N) is 1. The van der Waals surface area contributed by atoms with Gasteiger partial charge in [-0.15, -0.1) is 0 Å². The Hall–Kier alpha value is -0.510. The van der Waals surface area contributed by atoms with Gasteiger partial charge in [0.15, 0.2) is 0 Å². The van der Waals surface area contributed by atoms with E-state index in [1.54, 1.807) is 0 Å². The van der Waals surface area contributed by atoms with E-state index in [0.29, 0.717) is 6.54 Å². The van der Waals surface area contributed by atoms with E-state index in [1.165, 1.54) is 5.57 Å². The highest BCUT2D eigenvalue weighted by Gasteiger charge is 2.27. The highest BCUT2D eigenvalue weighted by molar-refractivity contribution is 5.03. The number of alkyl halides is 3. The molecule has 0 spiro atoms. The molecule has 1 heterocycles. The Labute approximate surface area is 76.2 Å². The second kappa shape index (κ2) is 4.13. The van der Waals surface area contributed by atoms with Gasteiger partial charge in [0.2, 0.25) is 0 Å². The fraction of sp³-hybridized carbons (Fsp3) is 0.778. The monoisotopic (exact) mass is 193 g/mol. The van der Waals surface area contributed by atoms with E-state index in [9.17, 15) is 13.2 Å². The van der Waals surface area contributed by atoms with Gasteiger partial charge in [-0.05, 0) is 13.3 Å². The Bertz CT molecular complexity index is 196. The van der Waals surface area contributed by atoms with E-state index in [2.05, 4.69) is 0 Å². The molecule has 1 aliphatic rings. The Balaban J connectivity index is 2.24. The normalized spacial score (nSPS) is 20.2. The lowest BCUT2D eigenvalue weighted by Crippen LogP contribution is -2.31. The fourth-order valence-electron chi connectivity index (χ4n) is 1.30. The maximum Gasteiger partial charge on any atom is 0.390 e. The summed E-state index contributed by atoms with van der Waals surface area (Å²) < 4.78 is 35.5. The van der Waals surface area contributed by atoms with Crippen molar-refractivity contribution < 1.29 is 13.2 Å². The van der Waals surface area contributed by atoms with E-state index in [4.69, 9.17) is 0 Å². The zero-order valence-corrected chi connectivity index (χ0v) is 7.69. The Morgan fingerprint density at radius 3 is 2.62 bits per heavy atom. The van der Waals surface area contributed by atoms with Crippen molar-refractivity contribution in [3.63, 3.8) is 0 Å². The van der Waals surface area contributed by atoms with Crippen LogP contribution in [0.3, 0.4) is 0 Å². The molecule has 0 fully saturated rings. The van der Waals surface area contributed by atoms with Gasteiger partial charge in [0.1, 0.15) is 0 Å². The first kappa shape index (κ1) is 10.6. The summed E-state index contributed by atoms with van der Waals surface area (Å²) in [6.07, 6.45) is -1.81. The first-order valence-electron chi connectivity index (χ1n) is 4.42. The van der Waals surface area contributed by atoms with Gasteiger partial charge >= 0.3 is 6.18 Å². The average Bonchev–Trinajstić information content (AvgIpc) is 2.02. The zero-order valence-electron chi connectivity index (χ0n) is 7.69. The fourth-order valence-corrected chi connectivity index (χ4v) is 1.30. The largest absolute Gasteiger partial charge is 0.390 e. The first-order valence-corrected chi connectivity index (χ1v) is 4.42. The molecule has 1 aliphatic heterocycles. The van der Waals surface area contributed by atoms with E-state index in [0.717, 1.165) is 13.0 Å². The topological polar surface area (TPSA) is 3.24 Å². The smallest absolute Gasteiger partial charge is 0.299 e. The number of hydrogen-bond acceptors (Lipinski definition) is 1. The van der Waals surface area contributed by atoms with E-state index in [-0.39, 0.29) is 6.54 Å². The van der Waals surface area contributed by atoms with Crippen molar-refractivity contribution in [2.45, 2.75) is 25.9 Å². The lowest BCUT2D eigenvalue weighted by molar-refractivity contribution is -0.137. The molecule has 76 valence electrons. The van der Waals surface area contributed by atoms with Crippen LogP contribution < -0.4 is 0 Å². The number of rotatable bonds is 2. The molecule has 0 atom stereocenters. The maximum atomic E-state index is 11.8. The van der Waals surface area contributed by atoms with Gasteiger partial charge < -0.3 is 0 Å². The van der Waals surface area contributed by atoms with Gasteiger partial charge in [-0.1, -0.05) is 11.6 Å². The minimum atomic E-state index is -4.02. The Morgan fingerprint density at radius 1 is 1.46 bits per heavy atom. The van der Waals surface area contributed by atoms with Gasteiger partial charge in [-0.3, -0.25) is 4.90 Å². The molecule has 0 aromatic rings. The maximum absolute atomic E-state index is 11.8. The molecular formula is C9H14F3N. The van der Waals surface area contributed by atoms with Gasteiger partial charge in [0.25, 0.3) is 0 Å². The summed E-state index contributed by atoms with van der Waals surface area (Å²) in [5.74, 6) is 0. The highest BCUT2D eigenvalue weighted by Crippen LogP contribution is 2.20. The molecular weight excluding hydrogens is 179 g/mol. The van der Waals surface area contributed by atoms with Crippen molar-refractivity contribution in [3.8, 4) is 0 Å². The molecule has 0 unspecified atom stereocenters. The molecule has 0 saturated carbocycles. The van der Waals surface area contributed by atoms with Crippen molar-refractivity contribution in [1.82, 2.24) is 4.90 Å². The minimum absolute atomic E-state index is 0.132. The third-order valence-electron chi connectivity index (χ3n) is 2.23. The number of hydrogen-bond donors (Lipinski definition) is 0. The molecule has 4 heteroatoms. The second-order valence-electron chi connectivity index (χ2n) is 3.47. The lowest BCUT2D eigenvalue weighted by atomic mass is 10.1. The molecule has 0 bridgehead atoms. The van der Waals surface area contributed by atoms with Gasteiger partial charge in [-0.2, -0.15) is 13.2 Å². The SMILES string of the molecule is CC1=CCN(CCC(F)(F)F)CC1. The summed E-state index contributed by atoms with van der Waals surface area (Å²) in [5.41, 5.74) is 1.28. The highest BCUT2D eigenvalue weighted by atomic mass is 19.4. The van der Waals surface area contributed by atoms with Crippen molar-refractivity contribution in [1.29, 1.82) is 0 Å². The van der Waals surface area contributed by atoms with Crippen LogP contribution in [0.25, 0.3) is 0 Å². The van der Waals surface area contributed by atoms with Crippen LogP contribution in [0.15, 0.2) is 11.6 Å². The molecule has 0 aromatic heterocycles. The van der Waals surface area contributed by atoms with Crippen molar-refractivity contribution in [2.75, 3.05) is 19.6 Å². The predicted octanol–water partition coefficient (Wildman–Crippen LogP) is 2.59. The molecule has 0 amide bonds. The van der Waals surface area contributed by atoms with Crippen LogP contribution in [0.1, 0.15) is 19.8 Å². The summed E-state index contributed by atoms with van der Waals surface area (Å²) in [6, 6.07) is 0. The van der Waals surface area contributed by atoms with Crippen molar-refractivity contribution >= 4 is 0 Å². The molecule has 13 heavy (non-hydrogen) atoms. The number of halogens is 3. The van der Waals surface area contributed by atoms with E-state index in [1.807, 2.05) is 17.9 Å². The molecule has 1 nitrogen and oxygen atoms in total. The molecule has 0 saturated heterocycles. The molecule has 1 rings (SSSR count). The molecule has 0 radical (unpaired) electrons. The lowest BCUT2D eigenvalue weighted by Gasteiger charge is -2.25. The summed E-state index contributed by atoms with van der Waals surface area (Å²) >= 11 is 0. The standard InChI is InChI=1S/C9H14F3N/c1-8-2-5-13(6-3-8)7-4-9(10,11)12/h2H,3-7H2,1H3. The summed E-state index contributed by atoms with van der Waals surface area (Å²) in [7, 11) is 0. The zero-order chi connectivity index (χ0) is 9.90. The minimum Gasteiger partial charge on any atom is -0.299 e. The predicted molar refractivity (Wildman–Crippen MR) is 45.5 cm³/mol. The van der Waals surface area contributed by atoms with E-state index >= 15 is 0 Å². The quantitative estimate of drug-likeness (QED) is 0.609. The van der Waals surface area contributed by atoms with E-state index < -0.39 is 12.6 Å². The molecule has 0 aliphatic carbocycles. The van der Waals surface area contributed by atoms with Crippen LogP contribution in [-0.2, 0) is 0 Å².